The van der Waals surface area contributed by atoms with E-state index in [0.29, 0.717) is 0 Å². The first kappa shape index (κ1) is 3.49. The molecule has 1 nitrogen and oxygen atoms in total. The molecule has 1 aliphatic rings. The van der Waals surface area contributed by atoms with Crippen molar-refractivity contribution in [1.29, 1.82) is 5.26 Å². The molecule has 2 unspecified atom stereocenters. The van der Waals surface area contributed by atoms with Gasteiger partial charge in [-0.2, -0.15) is 5.26 Å². The first-order chi connectivity index (χ1) is 3.84. The third-order valence-electron chi connectivity index (χ3n) is 1.34. The van der Waals surface area contributed by atoms with Crippen LogP contribution in [0.1, 0.15) is 27.0 Å². The van der Waals surface area contributed by atoms with Gasteiger partial charge in [0.25, 0.3) is 0 Å². The van der Waals surface area contributed by atoms with Crippen molar-refractivity contribution in [3.8, 4) is 6.07 Å². The second kappa shape index (κ2) is 1.97. The molecule has 0 aromatic rings. The zero-order chi connectivity index (χ0) is 5.98. The Morgan fingerprint density at radius 3 is 2.86 bits per heavy atom. The van der Waals surface area contributed by atoms with Crippen LogP contribution >= 0.6 is 0 Å². The summed E-state index contributed by atoms with van der Waals surface area (Å²) in [5.74, 6) is 0.0370. The van der Waals surface area contributed by atoms with Crippen molar-refractivity contribution >= 4 is 0 Å². The highest BCUT2D eigenvalue weighted by atomic mass is 14.3. The predicted molar refractivity (Wildman–Crippen MR) is 27.6 cm³/mol. The molecule has 0 aliphatic heterocycles. The van der Waals surface area contributed by atoms with E-state index in [0.717, 1.165) is 19.3 Å². The van der Waals surface area contributed by atoms with Crippen molar-refractivity contribution in [2.24, 2.45) is 5.92 Å². The summed E-state index contributed by atoms with van der Waals surface area (Å²) in [4.78, 5) is 0. The lowest BCUT2D eigenvalue weighted by Crippen LogP contribution is -1.83. The van der Waals surface area contributed by atoms with Crippen molar-refractivity contribution < 1.29 is 1.37 Å². The summed E-state index contributed by atoms with van der Waals surface area (Å²) in [5, 5.41) is 8.37. The second-order valence-electron chi connectivity index (χ2n) is 1.90. The number of nitrogens with zero attached hydrogens (tertiary/aromatic N) is 1. The van der Waals surface area contributed by atoms with Gasteiger partial charge in [-0.05, 0) is 12.8 Å². The first-order valence-electron chi connectivity index (χ1n) is 3.24. The van der Waals surface area contributed by atoms with Crippen molar-refractivity contribution in [3.05, 3.63) is 0 Å². The summed E-state index contributed by atoms with van der Waals surface area (Å²) >= 11 is 0. The highest BCUT2D eigenvalue weighted by molar-refractivity contribution is 4.85. The van der Waals surface area contributed by atoms with E-state index in [-0.39, 0.29) is 12.3 Å². The van der Waals surface area contributed by atoms with E-state index in [1.54, 1.807) is 0 Å². The van der Waals surface area contributed by atoms with E-state index < -0.39 is 0 Å². The van der Waals surface area contributed by atoms with Crippen LogP contribution in [-0.4, -0.2) is 0 Å². The number of hydrogen-bond acceptors (Lipinski definition) is 1. The van der Waals surface area contributed by atoms with E-state index in [4.69, 9.17) is 6.63 Å². The fourth-order valence-corrected chi connectivity index (χ4v) is 0.892. The molecule has 0 bridgehead atoms. The maximum Gasteiger partial charge on any atom is 0.0655 e. The van der Waals surface area contributed by atoms with Gasteiger partial charge in [0, 0.05) is 7.29 Å². The molecule has 0 spiro atoms. The van der Waals surface area contributed by atoms with E-state index in [1.807, 2.05) is 0 Å². The zero-order valence-electron chi connectivity index (χ0n) is 5.22. The van der Waals surface area contributed by atoms with E-state index in [9.17, 15) is 0 Å². The first-order valence-corrected chi connectivity index (χ1v) is 2.66. The molecule has 7 heavy (non-hydrogen) atoms. The average Bonchev–Trinajstić information content (AvgIpc) is 2.14. The van der Waals surface area contributed by atoms with Gasteiger partial charge < -0.3 is 0 Å². The Labute approximate surface area is 45.4 Å². The lowest BCUT2D eigenvalue weighted by molar-refractivity contribution is 0.701. The van der Waals surface area contributed by atoms with Crippen LogP contribution in [0, 0.1) is 17.2 Å². The molecular formula is C6H9N. The number of nitriles is 1. The lowest BCUT2D eigenvalue weighted by Gasteiger charge is -1.87. The van der Waals surface area contributed by atoms with Crippen LogP contribution in [0.25, 0.3) is 0 Å². The fraction of sp³-hybridized carbons (Fsp3) is 0.833. The lowest BCUT2D eigenvalue weighted by atomic mass is 10.1. The summed E-state index contributed by atoms with van der Waals surface area (Å²) in [6, 6.07) is 2.13. The second-order valence-corrected chi connectivity index (χ2v) is 1.90. The third-order valence-corrected chi connectivity index (χ3v) is 1.34. The van der Waals surface area contributed by atoms with Gasteiger partial charge in [-0.3, -0.25) is 0 Å². The quantitative estimate of drug-likeness (QED) is 0.450. The van der Waals surface area contributed by atoms with Gasteiger partial charge in [-0.1, -0.05) is 12.8 Å². The molecule has 2 atom stereocenters. The number of rotatable bonds is 0. The minimum atomic E-state index is -0.0833. The Morgan fingerprint density at radius 1 is 1.71 bits per heavy atom. The zero-order valence-corrected chi connectivity index (χ0v) is 4.22. The summed E-state index contributed by atoms with van der Waals surface area (Å²) < 4.78 is 7.27. The molecule has 1 rings (SSSR count). The molecule has 38 valence electrons. The summed E-state index contributed by atoms with van der Waals surface area (Å²) in [5.41, 5.74) is 0. The van der Waals surface area contributed by atoms with Crippen LogP contribution in [0.4, 0.5) is 0 Å². The molecule has 1 saturated carbocycles. The van der Waals surface area contributed by atoms with Crippen molar-refractivity contribution in [3.63, 3.8) is 0 Å². The molecule has 0 radical (unpaired) electrons. The monoisotopic (exact) mass is 96.1 g/mol. The van der Waals surface area contributed by atoms with Gasteiger partial charge in [0.2, 0.25) is 0 Å². The maximum absolute atomic E-state index is 8.37. The minimum absolute atomic E-state index is 0.0370. The molecular weight excluding hydrogens is 86.1 g/mol. The molecule has 0 amide bonds. The van der Waals surface area contributed by atoms with Crippen molar-refractivity contribution in [2.75, 3.05) is 0 Å². The summed E-state index contributed by atoms with van der Waals surface area (Å²) in [7, 11) is 0. The van der Waals surface area contributed by atoms with E-state index >= 15 is 0 Å². The third kappa shape index (κ3) is 0.928. The molecule has 1 aliphatic carbocycles. The van der Waals surface area contributed by atoms with Crippen LogP contribution in [-0.2, 0) is 0 Å². The van der Waals surface area contributed by atoms with Crippen molar-refractivity contribution in [1.82, 2.24) is 0 Å². The molecule has 0 aromatic heterocycles. The minimum Gasteiger partial charge on any atom is -0.198 e. The molecule has 0 aromatic carbocycles. The normalized spacial score (nSPS) is 42.4. The topological polar surface area (TPSA) is 23.8 Å². The van der Waals surface area contributed by atoms with Crippen LogP contribution in [0.2, 0.25) is 0 Å². The Bertz CT molecular complexity index is 116. The van der Waals surface area contributed by atoms with Gasteiger partial charge in [0.1, 0.15) is 0 Å². The Balaban J connectivity index is 2.45. The Kier molecular flexibility index (Phi) is 0.983. The fourth-order valence-electron chi connectivity index (χ4n) is 0.892. The summed E-state index contributed by atoms with van der Waals surface area (Å²) in [6.45, 7) is 0. The van der Waals surface area contributed by atoms with Crippen molar-refractivity contribution in [2.45, 2.75) is 25.7 Å². The van der Waals surface area contributed by atoms with Gasteiger partial charge >= 0.3 is 0 Å². The molecule has 0 N–H and O–H groups in total. The van der Waals surface area contributed by atoms with E-state index in [1.165, 1.54) is 0 Å². The van der Waals surface area contributed by atoms with E-state index in [2.05, 4.69) is 6.07 Å². The van der Waals surface area contributed by atoms with Gasteiger partial charge in [0.15, 0.2) is 0 Å². The molecule has 1 heteroatoms. The van der Waals surface area contributed by atoms with Gasteiger partial charge in [-0.25, -0.2) is 0 Å². The van der Waals surface area contributed by atoms with Crippen LogP contribution in [0.3, 0.4) is 0 Å². The van der Waals surface area contributed by atoms with Crippen LogP contribution < -0.4 is 0 Å². The smallest absolute Gasteiger partial charge is 0.0655 e. The standard InChI is InChI=1S/C6H9N/c7-5-6-3-1-2-4-6/h6H,1-4H2/i3D. The number of hydrogen-bond donors (Lipinski definition) is 0. The van der Waals surface area contributed by atoms with Crippen LogP contribution in [0.15, 0.2) is 0 Å². The molecule has 0 saturated heterocycles. The Hall–Kier alpha value is -0.510. The Morgan fingerprint density at radius 2 is 2.57 bits per heavy atom. The molecule has 0 heterocycles. The predicted octanol–water partition coefficient (Wildman–Crippen LogP) is 1.70. The summed E-state index contributed by atoms with van der Waals surface area (Å²) in [6.07, 6.45) is 2.87. The van der Waals surface area contributed by atoms with Crippen LogP contribution in [0.5, 0.6) is 0 Å². The largest absolute Gasteiger partial charge is 0.198 e. The average molecular weight is 96.2 g/mol. The maximum atomic E-state index is 8.37. The van der Waals surface area contributed by atoms with Gasteiger partial charge in [0.05, 0.1) is 6.07 Å². The molecule has 1 fully saturated rings. The van der Waals surface area contributed by atoms with Gasteiger partial charge in [-0.15, -0.1) is 0 Å². The SMILES string of the molecule is [2H]C1CCCC1C#N. The highest BCUT2D eigenvalue weighted by Gasteiger charge is 2.12. The highest BCUT2D eigenvalue weighted by Crippen LogP contribution is 2.22.